The number of hydrogen-bond acceptors (Lipinski definition) is 4. The average Bonchev–Trinajstić information content (AvgIpc) is 3.05. The highest BCUT2D eigenvalue weighted by Crippen LogP contribution is 2.29. The van der Waals surface area contributed by atoms with Gasteiger partial charge < -0.3 is 4.74 Å². The van der Waals surface area contributed by atoms with Crippen molar-refractivity contribution in [3.8, 4) is 5.75 Å². The lowest BCUT2D eigenvalue weighted by atomic mass is 10.2. The second kappa shape index (κ2) is 4.52. The molecule has 0 atom stereocenters. The third-order valence-electron chi connectivity index (χ3n) is 3.37. The minimum absolute atomic E-state index is 0.271. The first kappa shape index (κ1) is 13.0. The van der Waals surface area contributed by atoms with Crippen molar-refractivity contribution in [2.45, 2.75) is 11.3 Å². The van der Waals surface area contributed by atoms with Gasteiger partial charge in [-0.1, -0.05) is 0 Å². The van der Waals surface area contributed by atoms with Crippen molar-refractivity contribution in [3.63, 3.8) is 0 Å². The number of fused-ring (bicyclic) bond motifs is 1. The van der Waals surface area contributed by atoms with Gasteiger partial charge in [0.25, 0.3) is 10.0 Å². The fourth-order valence-corrected chi connectivity index (χ4v) is 3.41. The molecule has 7 heteroatoms. The first-order chi connectivity index (χ1) is 9.48. The molecule has 0 fully saturated rings. The van der Waals surface area contributed by atoms with E-state index in [0.29, 0.717) is 12.3 Å². The van der Waals surface area contributed by atoms with Gasteiger partial charge in [-0.15, -0.1) is 0 Å². The van der Waals surface area contributed by atoms with E-state index in [-0.39, 0.29) is 4.90 Å². The second-order valence-corrected chi connectivity index (χ2v) is 6.68. The highest BCUT2D eigenvalue weighted by atomic mass is 32.2. The minimum atomic E-state index is -3.58. The Kier molecular flexibility index (Phi) is 2.93. The maximum atomic E-state index is 12.6. The zero-order valence-corrected chi connectivity index (χ0v) is 12.1. The van der Waals surface area contributed by atoms with Gasteiger partial charge in [0.1, 0.15) is 5.75 Å². The number of ether oxygens (including phenoxy) is 1. The van der Waals surface area contributed by atoms with Crippen molar-refractivity contribution < 1.29 is 13.2 Å². The summed E-state index contributed by atoms with van der Waals surface area (Å²) < 4.78 is 33.4. The molecule has 20 heavy (non-hydrogen) atoms. The van der Waals surface area contributed by atoms with Gasteiger partial charge in [0, 0.05) is 26.7 Å². The summed E-state index contributed by atoms with van der Waals surface area (Å²) in [7, 11) is -0.305. The van der Waals surface area contributed by atoms with Gasteiger partial charge >= 0.3 is 0 Å². The largest absolute Gasteiger partial charge is 0.493 e. The molecule has 0 amide bonds. The predicted octanol–water partition coefficient (Wildman–Crippen LogP) is 1.18. The van der Waals surface area contributed by atoms with Crippen LogP contribution in [0.15, 0.2) is 35.5 Å². The molecule has 1 aliphatic rings. The molecule has 2 aromatic rings. The number of nitrogens with zero attached hydrogens (tertiary/aromatic N) is 3. The smallest absolute Gasteiger partial charge is 0.264 e. The number of aryl methyl sites for hydroxylation is 1. The molecule has 1 aliphatic heterocycles. The van der Waals surface area contributed by atoms with E-state index in [2.05, 4.69) is 5.10 Å². The summed E-state index contributed by atoms with van der Waals surface area (Å²) in [5, 5.41) is 3.99. The topological polar surface area (TPSA) is 64.4 Å². The first-order valence-corrected chi connectivity index (χ1v) is 7.66. The van der Waals surface area contributed by atoms with Crippen molar-refractivity contribution in [3.05, 3.63) is 36.2 Å². The summed E-state index contributed by atoms with van der Waals surface area (Å²) in [6.07, 6.45) is 3.93. The van der Waals surface area contributed by atoms with E-state index in [0.717, 1.165) is 17.7 Å². The van der Waals surface area contributed by atoms with Crippen LogP contribution in [-0.2, 0) is 23.5 Å². The third kappa shape index (κ3) is 2.03. The van der Waals surface area contributed by atoms with Crippen molar-refractivity contribution in [1.29, 1.82) is 0 Å². The van der Waals surface area contributed by atoms with Crippen molar-refractivity contribution in [1.82, 2.24) is 9.78 Å². The molecule has 0 spiro atoms. The van der Waals surface area contributed by atoms with Crippen LogP contribution in [0.1, 0.15) is 5.56 Å². The van der Waals surface area contributed by atoms with Crippen molar-refractivity contribution >= 4 is 15.7 Å². The van der Waals surface area contributed by atoms with Gasteiger partial charge in [-0.05, 0) is 23.8 Å². The van der Waals surface area contributed by atoms with E-state index in [4.69, 9.17) is 4.74 Å². The summed E-state index contributed by atoms with van der Waals surface area (Å²) in [6, 6.07) is 4.98. The molecule has 0 saturated carbocycles. The van der Waals surface area contributed by atoms with Crippen LogP contribution in [0.2, 0.25) is 0 Å². The monoisotopic (exact) mass is 293 g/mol. The number of benzene rings is 1. The molecule has 3 rings (SSSR count). The highest BCUT2D eigenvalue weighted by molar-refractivity contribution is 7.92. The summed E-state index contributed by atoms with van der Waals surface area (Å²) >= 11 is 0. The Hall–Kier alpha value is -2.02. The Morgan fingerprint density at radius 2 is 2.20 bits per heavy atom. The summed E-state index contributed by atoms with van der Waals surface area (Å²) in [6.45, 7) is 0.608. The molecule has 0 bridgehead atoms. The molecule has 1 aromatic heterocycles. The number of anilines is 1. The molecular formula is C13H15N3O3S. The standard InChI is InChI=1S/C13H15N3O3S/c1-15-9-11(8-14-15)16(2)20(17,18)12-3-4-13-10(7-12)5-6-19-13/h3-4,7-9H,5-6H2,1-2H3. The molecule has 1 aromatic carbocycles. The molecule has 0 N–H and O–H groups in total. The van der Waals surface area contributed by atoms with Crippen molar-refractivity contribution in [2.24, 2.45) is 7.05 Å². The zero-order valence-electron chi connectivity index (χ0n) is 11.3. The van der Waals surface area contributed by atoms with Crippen LogP contribution < -0.4 is 9.04 Å². The quantitative estimate of drug-likeness (QED) is 0.852. The van der Waals surface area contributed by atoms with Gasteiger partial charge in [0.2, 0.25) is 0 Å². The summed E-state index contributed by atoms with van der Waals surface area (Å²) in [4.78, 5) is 0.271. The van der Waals surface area contributed by atoms with Gasteiger partial charge in [0.05, 0.1) is 23.4 Å². The first-order valence-electron chi connectivity index (χ1n) is 6.22. The third-order valence-corrected chi connectivity index (χ3v) is 5.16. The maximum absolute atomic E-state index is 12.6. The molecular weight excluding hydrogens is 278 g/mol. The normalized spacial score (nSPS) is 13.9. The van der Waals surface area contributed by atoms with Crippen molar-refractivity contribution in [2.75, 3.05) is 18.0 Å². The van der Waals surface area contributed by atoms with E-state index >= 15 is 0 Å². The van der Waals surface area contributed by atoms with Crippen LogP contribution in [0.5, 0.6) is 5.75 Å². The van der Waals surface area contributed by atoms with Gasteiger partial charge in [-0.2, -0.15) is 5.10 Å². The molecule has 0 radical (unpaired) electrons. The second-order valence-electron chi connectivity index (χ2n) is 4.71. The fraction of sp³-hybridized carbons (Fsp3) is 0.308. The number of hydrogen-bond donors (Lipinski definition) is 0. The molecule has 0 saturated heterocycles. The van der Waals surface area contributed by atoms with Crippen LogP contribution in [0.25, 0.3) is 0 Å². The zero-order chi connectivity index (χ0) is 14.3. The minimum Gasteiger partial charge on any atom is -0.493 e. The van der Waals surface area contributed by atoms with E-state index in [9.17, 15) is 8.42 Å². The summed E-state index contributed by atoms with van der Waals surface area (Å²) in [5.74, 6) is 0.771. The van der Waals surface area contributed by atoms with Crippen LogP contribution >= 0.6 is 0 Å². The molecule has 0 unspecified atom stereocenters. The fourth-order valence-electron chi connectivity index (χ4n) is 2.19. The lowest BCUT2D eigenvalue weighted by Crippen LogP contribution is -2.26. The number of sulfonamides is 1. The summed E-state index contributed by atoms with van der Waals surface area (Å²) in [5.41, 5.74) is 1.47. The Labute approximate surface area is 117 Å². The van der Waals surface area contributed by atoms with Crippen LogP contribution in [0.4, 0.5) is 5.69 Å². The Morgan fingerprint density at radius 3 is 2.90 bits per heavy atom. The Morgan fingerprint density at radius 1 is 1.40 bits per heavy atom. The SMILES string of the molecule is CN(c1cnn(C)c1)S(=O)(=O)c1ccc2c(c1)CCO2. The average molecular weight is 293 g/mol. The number of aromatic nitrogens is 2. The van der Waals surface area contributed by atoms with Crippen LogP contribution in [0, 0.1) is 0 Å². The van der Waals surface area contributed by atoms with Gasteiger partial charge in [-0.3, -0.25) is 8.99 Å². The maximum Gasteiger partial charge on any atom is 0.264 e. The van der Waals surface area contributed by atoms with Gasteiger partial charge in [0.15, 0.2) is 0 Å². The lowest BCUT2D eigenvalue weighted by Gasteiger charge is -2.17. The predicted molar refractivity (Wildman–Crippen MR) is 74.4 cm³/mol. The Bertz CT molecular complexity index is 752. The lowest BCUT2D eigenvalue weighted by molar-refractivity contribution is 0.356. The molecule has 0 aliphatic carbocycles. The molecule has 106 valence electrons. The van der Waals surface area contributed by atoms with Crippen LogP contribution in [0.3, 0.4) is 0 Å². The molecule has 2 heterocycles. The highest BCUT2D eigenvalue weighted by Gasteiger charge is 2.24. The van der Waals surface area contributed by atoms with E-state index in [1.807, 2.05) is 0 Å². The molecule has 6 nitrogen and oxygen atoms in total. The van der Waals surface area contributed by atoms with Crippen LogP contribution in [-0.4, -0.2) is 31.9 Å². The van der Waals surface area contributed by atoms with Gasteiger partial charge in [-0.25, -0.2) is 8.42 Å². The van der Waals surface area contributed by atoms with E-state index in [1.54, 1.807) is 36.1 Å². The van der Waals surface area contributed by atoms with E-state index in [1.165, 1.54) is 17.5 Å². The number of rotatable bonds is 3. The Balaban J connectivity index is 1.99. The van der Waals surface area contributed by atoms with E-state index < -0.39 is 10.0 Å².